The summed E-state index contributed by atoms with van der Waals surface area (Å²) < 4.78 is 5.94. The molecule has 0 fully saturated rings. The summed E-state index contributed by atoms with van der Waals surface area (Å²) in [7, 11) is 0. The summed E-state index contributed by atoms with van der Waals surface area (Å²) in [5.41, 5.74) is 1.45. The third-order valence-corrected chi connectivity index (χ3v) is 6.00. The number of benzene rings is 2. The molecule has 0 aliphatic heterocycles. The third-order valence-electron chi connectivity index (χ3n) is 5.29. The minimum Gasteiger partial charge on any atom is -0.483 e. The number of hydrogen-bond acceptors (Lipinski definition) is 3. The van der Waals surface area contributed by atoms with Crippen molar-refractivity contribution in [3.63, 3.8) is 0 Å². The number of para-hydroxylation sites is 1. The van der Waals surface area contributed by atoms with Crippen LogP contribution in [-0.4, -0.2) is 35.9 Å². The second-order valence-corrected chi connectivity index (χ2v) is 10.4. The molecule has 2 rings (SSSR count). The summed E-state index contributed by atoms with van der Waals surface area (Å²) in [6.45, 7) is 12.4. The van der Waals surface area contributed by atoms with E-state index in [1.165, 1.54) is 4.90 Å². The van der Waals surface area contributed by atoms with Gasteiger partial charge in [-0.15, -0.1) is 0 Å². The smallest absolute Gasteiger partial charge is 0.261 e. The fourth-order valence-electron chi connectivity index (χ4n) is 3.32. The van der Waals surface area contributed by atoms with Gasteiger partial charge in [-0.2, -0.15) is 0 Å². The average molecular weight is 493 g/mol. The van der Waals surface area contributed by atoms with E-state index in [0.29, 0.717) is 33.8 Å². The fourth-order valence-corrected chi connectivity index (χ4v) is 3.84. The van der Waals surface area contributed by atoms with Gasteiger partial charge in [0, 0.05) is 28.7 Å². The second-order valence-electron chi connectivity index (χ2n) is 9.57. The van der Waals surface area contributed by atoms with Crippen molar-refractivity contribution in [3.05, 3.63) is 63.6 Å². The Labute approximate surface area is 207 Å². The van der Waals surface area contributed by atoms with E-state index in [0.717, 1.165) is 5.56 Å². The summed E-state index contributed by atoms with van der Waals surface area (Å²) in [4.78, 5) is 27.6. The van der Waals surface area contributed by atoms with Crippen molar-refractivity contribution >= 4 is 35.0 Å². The van der Waals surface area contributed by atoms with E-state index in [2.05, 4.69) is 26.1 Å². The molecule has 0 aliphatic rings. The van der Waals surface area contributed by atoms with Crippen LogP contribution >= 0.6 is 23.2 Å². The zero-order valence-corrected chi connectivity index (χ0v) is 21.8. The Morgan fingerprint density at radius 2 is 1.61 bits per heavy atom. The van der Waals surface area contributed by atoms with Crippen LogP contribution < -0.4 is 10.1 Å². The largest absolute Gasteiger partial charge is 0.483 e. The zero-order valence-electron chi connectivity index (χ0n) is 20.2. The molecule has 2 amide bonds. The molecule has 0 aromatic heterocycles. The zero-order chi connectivity index (χ0) is 24.8. The quantitative estimate of drug-likeness (QED) is 0.476. The predicted molar refractivity (Wildman–Crippen MR) is 135 cm³/mol. The molecule has 180 valence electrons. The van der Waals surface area contributed by atoms with Gasteiger partial charge in [0.15, 0.2) is 6.61 Å². The van der Waals surface area contributed by atoms with Crippen LogP contribution in [-0.2, 0) is 21.5 Å². The van der Waals surface area contributed by atoms with E-state index in [1.54, 1.807) is 25.1 Å². The highest BCUT2D eigenvalue weighted by Gasteiger charge is 2.28. The monoisotopic (exact) mass is 492 g/mol. The lowest BCUT2D eigenvalue weighted by molar-refractivity contribution is -0.142. The lowest BCUT2D eigenvalue weighted by atomic mass is 9.86. The van der Waals surface area contributed by atoms with Gasteiger partial charge >= 0.3 is 0 Å². The van der Waals surface area contributed by atoms with Gasteiger partial charge in [-0.05, 0) is 42.0 Å². The molecule has 2 aromatic carbocycles. The maximum atomic E-state index is 13.3. The van der Waals surface area contributed by atoms with Crippen LogP contribution in [0, 0.1) is 5.92 Å². The van der Waals surface area contributed by atoms with Gasteiger partial charge in [0.05, 0.1) is 0 Å². The molecule has 0 saturated carbocycles. The SMILES string of the molecule is CC(C)CNC(=O)C(C)N(Cc1c(Cl)cccc1Cl)C(=O)COc1ccccc1C(C)(C)C. The predicted octanol–water partition coefficient (Wildman–Crippen LogP) is 5.86. The van der Waals surface area contributed by atoms with E-state index in [1.807, 2.05) is 38.1 Å². The van der Waals surface area contributed by atoms with E-state index in [4.69, 9.17) is 27.9 Å². The molecular weight excluding hydrogens is 459 g/mol. The molecule has 2 aromatic rings. The van der Waals surface area contributed by atoms with Gasteiger partial charge in [0.2, 0.25) is 5.91 Å². The summed E-state index contributed by atoms with van der Waals surface area (Å²) >= 11 is 12.7. The molecule has 0 saturated heterocycles. The number of amides is 2. The van der Waals surface area contributed by atoms with Crippen molar-refractivity contribution in [2.75, 3.05) is 13.2 Å². The summed E-state index contributed by atoms with van der Waals surface area (Å²) in [6, 6.07) is 12.1. The van der Waals surface area contributed by atoms with Crippen molar-refractivity contribution in [2.24, 2.45) is 5.92 Å². The number of hydrogen-bond donors (Lipinski definition) is 1. The van der Waals surface area contributed by atoms with Crippen molar-refractivity contribution in [1.29, 1.82) is 0 Å². The summed E-state index contributed by atoms with van der Waals surface area (Å²) in [5.74, 6) is 0.365. The first-order chi connectivity index (χ1) is 15.4. The number of nitrogens with zero attached hydrogens (tertiary/aromatic N) is 1. The first kappa shape index (κ1) is 27.0. The van der Waals surface area contributed by atoms with Gasteiger partial charge in [-0.1, -0.05) is 82.1 Å². The summed E-state index contributed by atoms with van der Waals surface area (Å²) in [5, 5.41) is 3.77. The number of rotatable bonds is 9. The van der Waals surface area contributed by atoms with Crippen molar-refractivity contribution in [1.82, 2.24) is 10.2 Å². The highest BCUT2D eigenvalue weighted by molar-refractivity contribution is 6.36. The molecule has 0 radical (unpaired) electrons. The van der Waals surface area contributed by atoms with E-state index < -0.39 is 6.04 Å². The van der Waals surface area contributed by atoms with Gasteiger partial charge in [-0.25, -0.2) is 0 Å². The first-order valence-corrected chi connectivity index (χ1v) is 11.9. The van der Waals surface area contributed by atoms with E-state index in [9.17, 15) is 9.59 Å². The van der Waals surface area contributed by atoms with Crippen LogP contribution in [0.5, 0.6) is 5.75 Å². The number of nitrogens with one attached hydrogen (secondary N) is 1. The van der Waals surface area contributed by atoms with Crippen LogP contribution in [0.3, 0.4) is 0 Å². The highest BCUT2D eigenvalue weighted by Crippen LogP contribution is 2.31. The van der Waals surface area contributed by atoms with Gasteiger partial charge < -0.3 is 15.0 Å². The minimum absolute atomic E-state index is 0.0951. The van der Waals surface area contributed by atoms with E-state index in [-0.39, 0.29) is 30.4 Å². The highest BCUT2D eigenvalue weighted by atomic mass is 35.5. The number of ether oxygens (including phenoxy) is 1. The van der Waals surface area contributed by atoms with Crippen molar-refractivity contribution in [3.8, 4) is 5.75 Å². The van der Waals surface area contributed by atoms with Crippen LogP contribution in [0.4, 0.5) is 0 Å². The topological polar surface area (TPSA) is 58.6 Å². The lowest BCUT2D eigenvalue weighted by Gasteiger charge is -2.30. The van der Waals surface area contributed by atoms with Crippen LogP contribution in [0.1, 0.15) is 52.7 Å². The molecule has 7 heteroatoms. The van der Waals surface area contributed by atoms with Gasteiger partial charge in [0.1, 0.15) is 11.8 Å². The van der Waals surface area contributed by atoms with Crippen molar-refractivity contribution in [2.45, 2.75) is 59.5 Å². The lowest BCUT2D eigenvalue weighted by Crippen LogP contribution is -2.49. The molecule has 0 spiro atoms. The molecular formula is C26H34Cl2N2O3. The number of halogens is 2. The maximum absolute atomic E-state index is 13.3. The Morgan fingerprint density at radius 3 is 2.18 bits per heavy atom. The summed E-state index contributed by atoms with van der Waals surface area (Å²) in [6.07, 6.45) is 0. The second kappa shape index (κ2) is 11.8. The minimum atomic E-state index is -0.731. The van der Waals surface area contributed by atoms with Crippen LogP contribution in [0.15, 0.2) is 42.5 Å². The molecule has 0 aliphatic carbocycles. The van der Waals surface area contributed by atoms with Crippen LogP contribution in [0.25, 0.3) is 0 Å². The standard InChI is InChI=1S/C26H34Cl2N2O3/c1-17(2)14-29-25(32)18(3)30(15-19-21(27)11-9-12-22(19)28)24(31)16-33-23-13-8-7-10-20(23)26(4,5)6/h7-13,17-18H,14-16H2,1-6H3,(H,29,32). The first-order valence-electron chi connectivity index (χ1n) is 11.1. The van der Waals surface area contributed by atoms with Crippen LogP contribution in [0.2, 0.25) is 10.0 Å². The third kappa shape index (κ3) is 7.65. The Hall–Kier alpha value is -2.24. The normalized spacial score (nSPS) is 12.4. The maximum Gasteiger partial charge on any atom is 0.261 e. The molecule has 0 heterocycles. The van der Waals surface area contributed by atoms with Crippen molar-refractivity contribution < 1.29 is 14.3 Å². The number of carbonyl (C=O) groups excluding carboxylic acids is 2. The molecule has 5 nitrogen and oxygen atoms in total. The van der Waals surface area contributed by atoms with Gasteiger partial charge in [0.25, 0.3) is 5.91 Å². The Balaban J connectivity index is 2.27. The molecule has 1 atom stereocenters. The molecule has 0 bridgehead atoms. The Morgan fingerprint density at radius 1 is 1.00 bits per heavy atom. The molecule has 1 unspecified atom stereocenters. The Bertz CT molecular complexity index is 950. The van der Waals surface area contributed by atoms with Gasteiger partial charge in [-0.3, -0.25) is 9.59 Å². The number of carbonyl (C=O) groups is 2. The Kier molecular flexibility index (Phi) is 9.62. The molecule has 33 heavy (non-hydrogen) atoms. The fraction of sp³-hybridized carbons (Fsp3) is 0.462. The molecule has 1 N–H and O–H groups in total. The van der Waals surface area contributed by atoms with E-state index >= 15 is 0 Å². The average Bonchev–Trinajstić information content (AvgIpc) is 2.74.